The second-order valence-electron chi connectivity index (χ2n) is 2.96. The first kappa shape index (κ1) is 14.1. The number of benzene rings is 1. The van der Waals surface area contributed by atoms with E-state index in [1.807, 2.05) is 0 Å². The first-order chi connectivity index (χ1) is 7.16. The van der Waals surface area contributed by atoms with Crippen LogP contribution in [0.4, 0.5) is 0 Å². The Hall–Kier alpha value is -1.92. The summed E-state index contributed by atoms with van der Waals surface area (Å²) in [5.41, 5.74) is 0.444. The third kappa shape index (κ3) is 3.34. The van der Waals surface area contributed by atoms with Gasteiger partial charge in [-0.2, -0.15) is 0 Å². The van der Waals surface area contributed by atoms with Crippen LogP contribution in [0, 0.1) is 0 Å². The highest BCUT2D eigenvalue weighted by atomic mass is 16.4. The highest BCUT2D eigenvalue weighted by Crippen LogP contribution is 2.16. The average Bonchev–Trinajstić information content (AvgIpc) is 2.26. The van der Waals surface area contributed by atoms with E-state index in [9.17, 15) is 14.7 Å². The molecule has 1 aromatic carbocycles. The molecule has 0 aliphatic rings. The number of aliphatic hydroxyl groups is 1. The van der Waals surface area contributed by atoms with Gasteiger partial charge in [-0.25, -0.2) is 4.79 Å². The fourth-order valence-corrected chi connectivity index (χ4v) is 1.21. The van der Waals surface area contributed by atoms with Gasteiger partial charge in [0.1, 0.15) is 6.10 Å². The van der Waals surface area contributed by atoms with Crippen molar-refractivity contribution in [3.05, 3.63) is 35.9 Å². The molecule has 2 atom stereocenters. The predicted molar refractivity (Wildman–Crippen MR) is 57.0 cm³/mol. The summed E-state index contributed by atoms with van der Waals surface area (Å²) in [6.07, 6.45) is -1.00. The summed E-state index contributed by atoms with van der Waals surface area (Å²) in [4.78, 5) is 20.9. The Morgan fingerprint density at radius 3 is 2.31 bits per heavy atom. The lowest BCUT2D eigenvalue weighted by atomic mass is 10.0. The standard InChI is InChI=1S/C10H11NO4.H3N/c12-6-11-8(10(14)15)9(13)7-4-2-1-3-5-7;/h1-6,8-9,13H,(H,11,12)(H,14,15);1H3. The van der Waals surface area contributed by atoms with E-state index in [0.29, 0.717) is 5.56 Å². The molecular formula is C10H14N2O4. The zero-order valence-corrected chi connectivity index (χ0v) is 8.54. The second-order valence-corrected chi connectivity index (χ2v) is 2.96. The van der Waals surface area contributed by atoms with Crippen LogP contribution in [0.1, 0.15) is 11.7 Å². The van der Waals surface area contributed by atoms with Gasteiger partial charge in [-0.05, 0) is 5.56 Å². The maximum absolute atomic E-state index is 10.7. The summed E-state index contributed by atoms with van der Waals surface area (Å²) >= 11 is 0. The molecule has 0 fully saturated rings. The molecule has 0 aromatic heterocycles. The van der Waals surface area contributed by atoms with Gasteiger partial charge in [0.2, 0.25) is 6.41 Å². The van der Waals surface area contributed by atoms with Crippen LogP contribution in [0.15, 0.2) is 30.3 Å². The number of carbonyl (C=O) groups is 2. The summed E-state index contributed by atoms with van der Waals surface area (Å²) in [6, 6.07) is 6.96. The Balaban J connectivity index is 0.00000225. The minimum atomic E-state index is -1.33. The number of carboxylic acids is 1. The van der Waals surface area contributed by atoms with Crippen LogP contribution in [-0.4, -0.2) is 28.6 Å². The molecule has 16 heavy (non-hydrogen) atoms. The van der Waals surface area contributed by atoms with Gasteiger partial charge in [-0.15, -0.1) is 0 Å². The van der Waals surface area contributed by atoms with E-state index >= 15 is 0 Å². The number of rotatable bonds is 5. The smallest absolute Gasteiger partial charge is 0.329 e. The number of carbonyl (C=O) groups excluding carboxylic acids is 1. The fraction of sp³-hybridized carbons (Fsp3) is 0.200. The van der Waals surface area contributed by atoms with Gasteiger partial charge in [-0.1, -0.05) is 30.3 Å². The molecule has 6 N–H and O–H groups in total. The van der Waals surface area contributed by atoms with Crippen molar-refractivity contribution in [3.8, 4) is 0 Å². The molecule has 2 unspecified atom stereocenters. The molecule has 6 heteroatoms. The van der Waals surface area contributed by atoms with Crippen molar-refractivity contribution in [2.45, 2.75) is 12.1 Å². The predicted octanol–water partition coefficient (Wildman–Crippen LogP) is 0.0812. The number of hydrogen-bond donors (Lipinski definition) is 4. The van der Waals surface area contributed by atoms with E-state index in [1.54, 1.807) is 30.3 Å². The summed E-state index contributed by atoms with van der Waals surface area (Å²) < 4.78 is 0. The van der Waals surface area contributed by atoms with Crippen molar-refractivity contribution in [3.63, 3.8) is 0 Å². The van der Waals surface area contributed by atoms with Crippen molar-refractivity contribution >= 4 is 12.4 Å². The van der Waals surface area contributed by atoms with Crippen LogP contribution in [0.2, 0.25) is 0 Å². The molecule has 0 radical (unpaired) electrons. The average molecular weight is 226 g/mol. The van der Waals surface area contributed by atoms with Crippen molar-refractivity contribution in [1.82, 2.24) is 11.5 Å². The fourth-order valence-electron chi connectivity index (χ4n) is 1.21. The topological polar surface area (TPSA) is 122 Å². The van der Waals surface area contributed by atoms with E-state index in [2.05, 4.69) is 5.32 Å². The quantitative estimate of drug-likeness (QED) is 0.530. The molecule has 6 nitrogen and oxygen atoms in total. The lowest BCUT2D eigenvalue weighted by molar-refractivity contribution is -0.143. The molecular weight excluding hydrogens is 212 g/mol. The molecule has 88 valence electrons. The summed E-state index contributed by atoms with van der Waals surface area (Å²) in [7, 11) is 0. The minimum absolute atomic E-state index is 0. The Kier molecular flexibility index (Phi) is 5.76. The number of carboxylic acid groups (broad SMARTS) is 1. The third-order valence-corrected chi connectivity index (χ3v) is 1.97. The highest BCUT2D eigenvalue weighted by Gasteiger charge is 2.26. The van der Waals surface area contributed by atoms with Crippen molar-refractivity contribution in [2.24, 2.45) is 0 Å². The maximum Gasteiger partial charge on any atom is 0.329 e. The molecule has 0 heterocycles. The molecule has 0 saturated carbocycles. The normalized spacial score (nSPS) is 13.1. The minimum Gasteiger partial charge on any atom is -0.480 e. The van der Waals surface area contributed by atoms with Crippen LogP contribution in [0.5, 0.6) is 0 Å². The van der Waals surface area contributed by atoms with Crippen LogP contribution in [-0.2, 0) is 9.59 Å². The number of hydrogen-bond acceptors (Lipinski definition) is 4. The molecule has 0 spiro atoms. The molecule has 0 aliphatic heterocycles. The van der Waals surface area contributed by atoms with Gasteiger partial charge >= 0.3 is 5.97 Å². The first-order valence-electron chi connectivity index (χ1n) is 4.32. The summed E-state index contributed by atoms with van der Waals surface area (Å²) in [6.45, 7) is 0. The SMILES string of the molecule is N.O=CNC(C(=O)O)C(O)c1ccccc1. The highest BCUT2D eigenvalue weighted by molar-refractivity contribution is 5.77. The van der Waals surface area contributed by atoms with Crippen molar-refractivity contribution in [2.75, 3.05) is 0 Å². The lowest BCUT2D eigenvalue weighted by Crippen LogP contribution is -2.40. The monoisotopic (exact) mass is 226 g/mol. The molecule has 1 aromatic rings. The van der Waals surface area contributed by atoms with E-state index in [1.165, 1.54) is 0 Å². The molecule has 1 rings (SSSR count). The Bertz CT molecular complexity index is 342. The van der Waals surface area contributed by atoms with E-state index in [0.717, 1.165) is 0 Å². The lowest BCUT2D eigenvalue weighted by Gasteiger charge is -2.18. The molecule has 0 aliphatic carbocycles. The maximum atomic E-state index is 10.7. The zero-order chi connectivity index (χ0) is 11.3. The van der Waals surface area contributed by atoms with Crippen molar-refractivity contribution < 1.29 is 19.8 Å². The summed E-state index contributed by atoms with van der Waals surface area (Å²) in [5, 5.41) is 20.5. The van der Waals surface area contributed by atoms with E-state index in [4.69, 9.17) is 5.11 Å². The number of amides is 1. The Morgan fingerprint density at radius 1 is 1.31 bits per heavy atom. The second kappa shape index (κ2) is 6.54. The van der Waals surface area contributed by atoms with Crippen LogP contribution >= 0.6 is 0 Å². The number of aliphatic carboxylic acids is 1. The van der Waals surface area contributed by atoms with Crippen molar-refractivity contribution in [1.29, 1.82) is 0 Å². The summed E-state index contributed by atoms with van der Waals surface area (Å²) in [5.74, 6) is -1.28. The number of aliphatic hydroxyl groups excluding tert-OH is 1. The Morgan fingerprint density at radius 2 is 1.88 bits per heavy atom. The van der Waals surface area contributed by atoms with Gasteiger partial charge in [0.15, 0.2) is 6.04 Å². The molecule has 0 saturated heterocycles. The van der Waals surface area contributed by atoms with E-state index < -0.39 is 18.1 Å². The largest absolute Gasteiger partial charge is 0.480 e. The third-order valence-electron chi connectivity index (χ3n) is 1.97. The zero-order valence-electron chi connectivity index (χ0n) is 8.54. The van der Waals surface area contributed by atoms with Crippen LogP contribution < -0.4 is 11.5 Å². The van der Waals surface area contributed by atoms with Gasteiger partial charge in [0.25, 0.3) is 0 Å². The van der Waals surface area contributed by atoms with Gasteiger partial charge in [-0.3, -0.25) is 4.79 Å². The number of nitrogens with one attached hydrogen (secondary N) is 1. The van der Waals surface area contributed by atoms with E-state index in [-0.39, 0.29) is 12.6 Å². The molecule has 0 bridgehead atoms. The van der Waals surface area contributed by atoms with Gasteiger partial charge in [0.05, 0.1) is 0 Å². The van der Waals surface area contributed by atoms with Gasteiger partial charge < -0.3 is 21.7 Å². The van der Waals surface area contributed by atoms with Crippen LogP contribution in [0.3, 0.4) is 0 Å². The van der Waals surface area contributed by atoms with Crippen LogP contribution in [0.25, 0.3) is 0 Å². The van der Waals surface area contributed by atoms with Gasteiger partial charge in [0, 0.05) is 0 Å². The first-order valence-corrected chi connectivity index (χ1v) is 4.32. The Labute approximate surface area is 92.5 Å². The molecule has 1 amide bonds.